The molecule has 0 fully saturated rings. The van der Waals surface area contributed by atoms with Crippen molar-refractivity contribution >= 4 is 5.91 Å². The summed E-state index contributed by atoms with van der Waals surface area (Å²) in [5, 5.41) is 0. The summed E-state index contributed by atoms with van der Waals surface area (Å²) in [7, 11) is 1.70. The molecule has 0 saturated heterocycles. The van der Waals surface area contributed by atoms with Gasteiger partial charge in [0, 0.05) is 26.6 Å². The Kier molecular flexibility index (Phi) is 21.6. The Morgan fingerprint density at radius 2 is 1.58 bits per heavy atom. The predicted molar refractivity (Wildman–Crippen MR) is 85.4 cm³/mol. The zero-order valence-electron chi connectivity index (χ0n) is 14.7. The highest BCUT2D eigenvalue weighted by molar-refractivity contribution is 5.76. The summed E-state index contributed by atoms with van der Waals surface area (Å²) in [6.45, 7) is 18.6. The van der Waals surface area contributed by atoms with Crippen molar-refractivity contribution in [2.45, 2.75) is 61.8 Å². The molecule has 0 aliphatic rings. The van der Waals surface area contributed by atoms with E-state index >= 15 is 0 Å². The summed E-state index contributed by atoms with van der Waals surface area (Å²) < 4.78 is 5.07. The molecule has 0 aromatic carbocycles. The Labute approximate surface area is 121 Å². The first-order valence-electron chi connectivity index (χ1n) is 7.77. The quantitative estimate of drug-likeness (QED) is 0.696. The molecular weight excluding hydrogens is 238 g/mol. The van der Waals surface area contributed by atoms with Gasteiger partial charge >= 0.3 is 0 Å². The molecule has 0 aromatic rings. The molecule has 1 amide bonds. The number of amides is 1. The summed E-state index contributed by atoms with van der Waals surface area (Å²) in [4.78, 5) is 13.7. The lowest BCUT2D eigenvalue weighted by atomic mass is 10.1. The fourth-order valence-electron chi connectivity index (χ4n) is 1.60. The van der Waals surface area contributed by atoms with Gasteiger partial charge in [-0.25, -0.2) is 0 Å². The molecule has 0 aliphatic carbocycles. The Hall–Kier alpha value is -0.570. The highest BCUT2D eigenvalue weighted by Crippen LogP contribution is 2.07. The monoisotopic (exact) mass is 275 g/mol. The fraction of sp³-hybridized carbons (Fsp3) is 0.938. The Morgan fingerprint density at radius 1 is 1.11 bits per heavy atom. The maximum absolute atomic E-state index is 11.8. The maximum atomic E-state index is 11.8. The molecule has 19 heavy (non-hydrogen) atoms. The fourth-order valence-corrected chi connectivity index (χ4v) is 1.60. The Morgan fingerprint density at radius 3 is 1.89 bits per heavy atom. The number of rotatable bonds is 7. The summed E-state index contributed by atoms with van der Waals surface area (Å²) in [5.41, 5.74) is 0. The van der Waals surface area contributed by atoms with E-state index in [0.717, 1.165) is 13.1 Å². The molecule has 0 heterocycles. The van der Waals surface area contributed by atoms with Crippen molar-refractivity contribution < 1.29 is 9.53 Å². The van der Waals surface area contributed by atoms with Crippen LogP contribution in [0.3, 0.4) is 0 Å². The van der Waals surface area contributed by atoms with E-state index in [0.29, 0.717) is 24.9 Å². The van der Waals surface area contributed by atoms with Crippen molar-refractivity contribution in [2.24, 2.45) is 11.8 Å². The van der Waals surface area contributed by atoms with E-state index < -0.39 is 0 Å². The second-order valence-corrected chi connectivity index (χ2v) is 4.59. The number of nitrogens with zero attached hydrogens (tertiary/aromatic N) is 1. The van der Waals surface area contributed by atoms with Crippen LogP contribution >= 0.6 is 0 Å². The molecule has 0 radical (unpaired) electrons. The molecule has 118 valence electrons. The van der Waals surface area contributed by atoms with Gasteiger partial charge in [-0.3, -0.25) is 4.79 Å². The van der Waals surface area contributed by atoms with Gasteiger partial charge in [-0.2, -0.15) is 0 Å². The second kappa shape index (κ2) is 17.4. The van der Waals surface area contributed by atoms with Crippen molar-refractivity contribution in [1.82, 2.24) is 4.90 Å². The van der Waals surface area contributed by atoms with Gasteiger partial charge in [-0.15, -0.1) is 0 Å². The number of hydrogen-bond donors (Lipinski definition) is 0. The van der Waals surface area contributed by atoms with Gasteiger partial charge in [0.15, 0.2) is 0 Å². The van der Waals surface area contributed by atoms with E-state index in [1.807, 2.05) is 39.5 Å². The molecule has 0 aliphatic heterocycles. The molecule has 1 atom stereocenters. The first-order valence-corrected chi connectivity index (χ1v) is 7.77. The van der Waals surface area contributed by atoms with Crippen molar-refractivity contribution in [3.05, 3.63) is 0 Å². The van der Waals surface area contributed by atoms with Gasteiger partial charge < -0.3 is 9.64 Å². The van der Waals surface area contributed by atoms with Crippen LogP contribution in [0.2, 0.25) is 0 Å². The molecule has 0 bridgehead atoms. The van der Waals surface area contributed by atoms with Crippen LogP contribution in [0.25, 0.3) is 0 Å². The number of carbonyl (C=O) groups excluding carboxylic acids is 1. The second-order valence-electron chi connectivity index (χ2n) is 4.59. The zero-order valence-corrected chi connectivity index (χ0v) is 14.7. The van der Waals surface area contributed by atoms with Gasteiger partial charge in [-0.05, 0) is 18.8 Å². The normalized spacial score (nSPS) is 10.8. The van der Waals surface area contributed by atoms with E-state index in [9.17, 15) is 4.79 Å². The van der Waals surface area contributed by atoms with Crippen LogP contribution in [0.1, 0.15) is 61.8 Å². The van der Waals surface area contributed by atoms with Crippen molar-refractivity contribution in [2.75, 3.05) is 26.8 Å². The number of ether oxygens (including phenoxy) is 1. The minimum absolute atomic E-state index is 0.260. The third-order valence-corrected chi connectivity index (χ3v) is 2.30. The van der Waals surface area contributed by atoms with Crippen molar-refractivity contribution in [3.8, 4) is 0 Å². The van der Waals surface area contributed by atoms with Crippen LogP contribution in [0.15, 0.2) is 0 Å². The summed E-state index contributed by atoms with van der Waals surface area (Å²) in [6.07, 6.45) is 0.646. The largest absolute Gasteiger partial charge is 0.384 e. The lowest BCUT2D eigenvalue weighted by molar-refractivity contribution is -0.132. The Balaban J connectivity index is -0.000000579. The van der Waals surface area contributed by atoms with Crippen LogP contribution in [-0.2, 0) is 9.53 Å². The highest BCUT2D eigenvalue weighted by atomic mass is 16.5. The molecular formula is C16H37NO2. The van der Waals surface area contributed by atoms with Crippen LogP contribution in [0.5, 0.6) is 0 Å². The third-order valence-electron chi connectivity index (χ3n) is 2.30. The minimum Gasteiger partial charge on any atom is -0.384 e. The molecule has 0 N–H and O–H groups in total. The average Bonchev–Trinajstić information content (AvgIpc) is 2.40. The van der Waals surface area contributed by atoms with Crippen molar-refractivity contribution in [3.63, 3.8) is 0 Å². The molecule has 0 saturated carbocycles. The zero-order chi connectivity index (χ0) is 15.8. The number of methoxy groups -OCH3 is 1. The van der Waals surface area contributed by atoms with E-state index in [1.165, 1.54) is 0 Å². The molecule has 1 unspecified atom stereocenters. The average molecular weight is 275 g/mol. The molecule has 0 spiro atoms. The van der Waals surface area contributed by atoms with E-state index in [1.54, 1.807) is 7.11 Å². The lowest BCUT2D eigenvalue weighted by Gasteiger charge is -2.25. The van der Waals surface area contributed by atoms with Crippen LogP contribution < -0.4 is 0 Å². The predicted octanol–water partition coefficient (Wildman–Crippen LogP) is 4.22. The van der Waals surface area contributed by atoms with Gasteiger partial charge in [0.05, 0.1) is 6.61 Å². The van der Waals surface area contributed by atoms with Crippen LogP contribution in [0, 0.1) is 11.8 Å². The standard InChI is InChI=1S/C12H25NO2.2C2H6/c1-6-13(8-11(4)9-15-5)12(14)7-10(2)3;2*1-2/h10-11H,6-9H2,1-5H3;2*1-2H3. The maximum Gasteiger partial charge on any atom is 0.222 e. The lowest BCUT2D eigenvalue weighted by Crippen LogP contribution is -2.36. The van der Waals surface area contributed by atoms with Crippen molar-refractivity contribution in [1.29, 1.82) is 0 Å². The van der Waals surface area contributed by atoms with Gasteiger partial charge in [0.1, 0.15) is 0 Å². The summed E-state index contributed by atoms with van der Waals surface area (Å²) in [5.74, 6) is 1.10. The molecule has 3 heteroatoms. The van der Waals surface area contributed by atoms with Gasteiger partial charge in [-0.1, -0.05) is 48.5 Å². The first-order chi connectivity index (χ1) is 9.01. The molecule has 0 aromatic heterocycles. The van der Waals surface area contributed by atoms with Crippen LogP contribution in [-0.4, -0.2) is 37.6 Å². The van der Waals surface area contributed by atoms with Gasteiger partial charge in [0.25, 0.3) is 0 Å². The Bertz CT molecular complexity index is 182. The SMILES string of the molecule is CC.CC.CCN(CC(C)COC)C(=O)CC(C)C. The van der Waals surface area contributed by atoms with E-state index in [2.05, 4.69) is 20.8 Å². The van der Waals surface area contributed by atoms with E-state index in [-0.39, 0.29) is 5.91 Å². The van der Waals surface area contributed by atoms with E-state index in [4.69, 9.17) is 4.74 Å². The van der Waals surface area contributed by atoms with Crippen LogP contribution in [0.4, 0.5) is 0 Å². The summed E-state index contributed by atoms with van der Waals surface area (Å²) in [6, 6.07) is 0. The smallest absolute Gasteiger partial charge is 0.222 e. The molecule has 3 nitrogen and oxygen atoms in total. The number of carbonyl (C=O) groups is 1. The minimum atomic E-state index is 0.260. The highest BCUT2D eigenvalue weighted by Gasteiger charge is 2.15. The van der Waals surface area contributed by atoms with Gasteiger partial charge in [0.2, 0.25) is 5.91 Å². The number of hydrogen-bond acceptors (Lipinski definition) is 2. The molecule has 0 rings (SSSR count). The third kappa shape index (κ3) is 15.4. The summed E-state index contributed by atoms with van der Waals surface area (Å²) >= 11 is 0. The topological polar surface area (TPSA) is 29.5 Å². The first kappa shape index (κ1) is 23.5.